The van der Waals surface area contributed by atoms with Crippen LogP contribution in [-0.4, -0.2) is 21.2 Å². The molecule has 4 nitrogen and oxygen atoms in total. The summed E-state index contributed by atoms with van der Waals surface area (Å²) in [6.45, 7) is 10.5. The van der Waals surface area contributed by atoms with Crippen LogP contribution < -0.4 is 5.32 Å². The number of carbonyl (C=O) groups excluding carboxylic acids is 1. The third kappa shape index (κ3) is 4.04. The van der Waals surface area contributed by atoms with Crippen LogP contribution in [0.5, 0.6) is 0 Å². The summed E-state index contributed by atoms with van der Waals surface area (Å²) in [5.74, 6) is 0.0695. The predicted molar refractivity (Wildman–Crippen MR) is 64.2 cm³/mol. The summed E-state index contributed by atoms with van der Waals surface area (Å²) in [5, 5.41) is 7.25. The normalized spacial score (nSPS) is 11.6. The number of amides is 1. The molecule has 90 valence electrons. The van der Waals surface area contributed by atoms with Gasteiger partial charge in [0.1, 0.15) is 0 Å². The maximum atomic E-state index is 11.6. The fourth-order valence-electron chi connectivity index (χ4n) is 1.59. The largest absolute Gasteiger partial charge is 0.351 e. The topological polar surface area (TPSA) is 46.9 Å². The Morgan fingerprint density at radius 1 is 1.44 bits per heavy atom. The van der Waals surface area contributed by atoms with E-state index in [0.29, 0.717) is 13.0 Å². The second-order valence-corrected chi connectivity index (χ2v) is 5.20. The minimum Gasteiger partial charge on any atom is -0.351 e. The highest BCUT2D eigenvalue weighted by Gasteiger charge is 2.13. The molecule has 16 heavy (non-hydrogen) atoms. The molecule has 0 spiro atoms. The molecule has 0 saturated heterocycles. The number of nitrogens with one attached hydrogen (secondary N) is 1. The third-order valence-corrected chi connectivity index (χ3v) is 2.17. The number of hydrogen-bond acceptors (Lipinski definition) is 2. The molecule has 0 aliphatic rings. The van der Waals surface area contributed by atoms with Crippen molar-refractivity contribution in [3.8, 4) is 0 Å². The Kier molecular flexibility index (Phi) is 3.73. The average Bonchev–Trinajstić information content (AvgIpc) is 2.38. The molecule has 1 N–H and O–H groups in total. The van der Waals surface area contributed by atoms with Crippen molar-refractivity contribution in [3.05, 3.63) is 17.5 Å². The van der Waals surface area contributed by atoms with E-state index in [2.05, 4.69) is 10.4 Å². The third-order valence-electron chi connectivity index (χ3n) is 2.17. The van der Waals surface area contributed by atoms with Crippen LogP contribution >= 0.6 is 0 Å². The number of rotatable bonds is 3. The lowest BCUT2D eigenvalue weighted by Gasteiger charge is -2.20. The van der Waals surface area contributed by atoms with Gasteiger partial charge >= 0.3 is 0 Å². The predicted octanol–water partition coefficient (Wildman–Crippen LogP) is 1.80. The summed E-state index contributed by atoms with van der Waals surface area (Å²) >= 11 is 0. The Morgan fingerprint density at radius 3 is 2.50 bits per heavy atom. The van der Waals surface area contributed by atoms with Gasteiger partial charge in [-0.05, 0) is 40.7 Å². The molecule has 1 amide bonds. The maximum absolute atomic E-state index is 11.6. The molecule has 0 unspecified atom stereocenters. The molecular formula is C12H21N3O. The van der Waals surface area contributed by atoms with Gasteiger partial charge in [0, 0.05) is 24.2 Å². The van der Waals surface area contributed by atoms with E-state index in [-0.39, 0.29) is 11.4 Å². The Hall–Kier alpha value is -1.32. The highest BCUT2D eigenvalue weighted by Crippen LogP contribution is 2.04. The first-order valence-corrected chi connectivity index (χ1v) is 5.60. The number of aromatic nitrogens is 2. The van der Waals surface area contributed by atoms with Crippen molar-refractivity contribution in [2.75, 3.05) is 0 Å². The molecule has 0 atom stereocenters. The van der Waals surface area contributed by atoms with Crippen LogP contribution in [0.4, 0.5) is 0 Å². The molecule has 0 saturated carbocycles. The van der Waals surface area contributed by atoms with Gasteiger partial charge in [0.25, 0.3) is 0 Å². The Morgan fingerprint density at radius 2 is 2.06 bits per heavy atom. The van der Waals surface area contributed by atoms with Crippen molar-refractivity contribution in [3.63, 3.8) is 0 Å². The number of carbonyl (C=O) groups is 1. The second-order valence-electron chi connectivity index (χ2n) is 5.20. The van der Waals surface area contributed by atoms with Gasteiger partial charge in [-0.2, -0.15) is 5.10 Å². The van der Waals surface area contributed by atoms with Crippen molar-refractivity contribution in [2.24, 2.45) is 0 Å². The number of hydrogen-bond donors (Lipinski definition) is 1. The first kappa shape index (κ1) is 12.7. The van der Waals surface area contributed by atoms with E-state index in [4.69, 9.17) is 0 Å². The molecule has 1 aromatic rings. The second kappa shape index (κ2) is 4.68. The Labute approximate surface area is 97.0 Å². The van der Waals surface area contributed by atoms with Crippen LogP contribution in [0.15, 0.2) is 6.07 Å². The summed E-state index contributed by atoms with van der Waals surface area (Å²) in [6.07, 6.45) is 0.471. The van der Waals surface area contributed by atoms with Gasteiger partial charge in [-0.3, -0.25) is 9.48 Å². The highest BCUT2D eigenvalue weighted by molar-refractivity contribution is 5.76. The summed E-state index contributed by atoms with van der Waals surface area (Å²) in [4.78, 5) is 11.6. The van der Waals surface area contributed by atoms with Crippen molar-refractivity contribution < 1.29 is 4.79 Å². The van der Waals surface area contributed by atoms with Crippen molar-refractivity contribution in [2.45, 2.75) is 53.1 Å². The Balaban J connectivity index is 2.46. The van der Waals surface area contributed by atoms with Gasteiger partial charge < -0.3 is 5.32 Å². The van der Waals surface area contributed by atoms with Crippen LogP contribution in [0.3, 0.4) is 0 Å². The van der Waals surface area contributed by atoms with E-state index in [1.54, 1.807) is 0 Å². The van der Waals surface area contributed by atoms with Crippen LogP contribution in [-0.2, 0) is 11.3 Å². The zero-order valence-corrected chi connectivity index (χ0v) is 10.8. The first-order valence-electron chi connectivity index (χ1n) is 5.60. The molecule has 4 heteroatoms. The monoisotopic (exact) mass is 223 g/mol. The number of nitrogens with zero attached hydrogens (tertiary/aromatic N) is 2. The summed E-state index contributed by atoms with van der Waals surface area (Å²) in [5.41, 5.74) is 1.93. The van der Waals surface area contributed by atoms with E-state index in [1.165, 1.54) is 0 Å². The van der Waals surface area contributed by atoms with Gasteiger partial charge in [-0.1, -0.05) is 0 Å². The van der Waals surface area contributed by atoms with Gasteiger partial charge in [0.15, 0.2) is 0 Å². The molecule has 0 aliphatic carbocycles. The Bertz CT molecular complexity index is 374. The summed E-state index contributed by atoms with van der Waals surface area (Å²) < 4.78 is 1.87. The molecule has 1 aromatic heterocycles. The molecule has 1 rings (SSSR count). The minimum absolute atomic E-state index is 0.0695. The van der Waals surface area contributed by atoms with E-state index in [0.717, 1.165) is 11.4 Å². The van der Waals surface area contributed by atoms with E-state index in [9.17, 15) is 4.79 Å². The van der Waals surface area contributed by atoms with Gasteiger partial charge in [0.05, 0.1) is 5.69 Å². The fraction of sp³-hybridized carbons (Fsp3) is 0.667. The van der Waals surface area contributed by atoms with Crippen molar-refractivity contribution in [1.82, 2.24) is 15.1 Å². The first-order chi connectivity index (χ1) is 7.28. The molecular weight excluding hydrogens is 202 g/mol. The zero-order chi connectivity index (χ0) is 12.3. The van der Waals surface area contributed by atoms with E-state index >= 15 is 0 Å². The van der Waals surface area contributed by atoms with Crippen LogP contribution in [0.25, 0.3) is 0 Å². The fourth-order valence-corrected chi connectivity index (χ4v) is 1.59. The van der Waals surface area contributed by atoms with Crippen LogP contribution in [0.1, 0.15) is 38.6 Å². The van der Waals surface area contributed by atoms with Gasteiger partial charge in [0.2, 0.25) is 5.91 Å². The maximum Gasteiger partial charge on any atom is 0.222 e. The number of aryl methyl sites for hydroxylation is 3. The van der Waals surface area contributed by atoms with Crippen LogP contribution in [0.2, 0.25) is 0 Å². The summed E-state index contributed by atoms with van der Waals surface area (Å²) in [7, 11) is 0. The molecule has 0 aromatic carbocycles. The van der Waals surface area contributed by atoms with Crippen molar-refractivity contribution in [1.29, 1.82) is 0 Å². The molecule has 1 heterocycles. The van der Waals surface area contributed by atoms with E-state index in [1.807, 2.05) is 45.4 Å². The quantitative estimate of drug-likeness (QED) is 0.849. The highest BCUT2D eigenvalue weighted by atomic mass is 16.1. The van der Waals surface area contributed by atoms with E-state index < -0.39 is 0 Å². The lowest BCUT2D eigenvalue weighted by Crippen LogP contribution is -2.40. The smallest absolute Gasteiger partial charge is 0.222 e. The lowest BCUT2D eigenvalue weighted by atomic mass is 10.1. The van der Waals surface area contributed by atoms with Gasteiger partial charge in [-0.25, -0.2) is 0 Å². The average molecular weight is 223 g/mol. The standard InChI is InChI=1S/C12H21N3O/c1-9-8-10(2)15(14-9)7-6-11(16)13-12(3,4)5/h8H,6-7H2,1-5H3,(H,13,16). The summed E-state index contributed by atoms with van der Waals surface area (Å²) in [6, 6.07) is 2.02. The molecule has 0 aliphatic heterocycles. The minimum atomic E-state index is -0.161. The van der Waals surface area contributed by atoms with Crippen LogP contribution in [0, 0.1) is 13.8 Å². The molecule has 0 radical (unpaired) electrons. The van der Waals surface area contributed by atoms with Crippen molar-refractivity contribution >= 4 is 5.91 Å². The SMILES string of the molecule is Cc1cc(C)n(CCC(=O)NC(C)(C)C)n1. The van der Waals surface area contributed by atoms with Gasteiger partial charge in [-0.15, -0.1) is 0 Å². The lowest BCUT2D eigenvalue weighted by molar-refractivity contribution is -0.122. The zero-order valence-electron chi connectivity index (χ0n) is 10.8. The molecule has 0 fully saturated rings. The molecule has 0 bridgehead atoms.